The van der Waals surface area contributed by atoms with E-state index in [0.29, 0.717) is 22.9 Å². The molecule has 2 aromatic rings. The number of nitrogens with one attached hydrogen (secondary N) is 1. The normalized spacial score (nSPS) is 14.9. The molecule has 1 aromatic heterocycles. The Labute approximate surface area is 139 Å². The van der Waals surface area contributed by atoms with Crippen molar-refractivity contribution in [2.24, 2.45) is 0 Å². The first kappa shape index (κ1) is 15.7. The fourth-order valence-corrected chi connectivity index (χ4v) is 3.65. The van der Waals surface area contributed by atoms with Crippen LogP contribution >= 0.6 is 11.3 Å². The lowest BCUT2D eigenvalue weighted by Crippen LogP contribution is -2.27. The Morgan fingerprint density at radius 2 is 1.78 bits per heavy atom. The van der Waals surface area contributed by atoms with Crippen molar-refractivity contribution in [3.05, 3.63) is 34.5 Å². The lowest BCUT2D eigenvalue weighted by atomic mass is 10.0. The molecule has 3 rings (SSSR count). The Bertz CT molecular complexity index is 682. The van der Waals surface area contributed by atoms with Crippen LogP contribution in [0, 0.1) is 0 Å². The van der Waals surface area contributed by atoms with Crippen LogP contribution in [0.2, 0.25) is 0 Å². The van der Waals surface area contributed by atoms with Crippen molar-refractivity contribution in [2.75, 3.05) is 26.6 Å². The molecule has 0 bridgehead atoms. The van der Waals surface area contributed by atoms with Gasteiger partial charge in [0.25, 0.3) is 0 Å². The number of thiophene rings is 1. The van der Waals surface area contributed by atoms with Crippen LogP contribution in [0.4, 0.5) is 5.69 Å². The third-order valence-electron chi connectivity index (χ3n) is 4.10. The molecule has 0 aliphatic heterocycles. The van der Waals surface area contributed by atoms with Crippen molar-refractivity contribution < 1.29 is 19.0 Å². The molecular formula is C17H19NO4S. The Balaban J connectivity index is 1.87. The van der Waals surface area contributed by atoms with Crippen LogP contribution in [0.25, 0.3) is 0 Å². The summed E-state index contributed by atoms with van der Waals surface area (Å²) >= 11 is 1.62. The maximum absolute atomic E-state index is 12.7. The second kappa shape index (κ2) is 6.12. The minimum absolute atomic E-state index is 0.00854. The average molecular weight is 333 g/mol. The quantitative estimate of drug-likeness (QED) is 0.880. The third kappa shape index (κ3) is 2.74. The van der Waals surface area contributed by atoms with Gasteiger partial charge in [-0.25, -0.2) is 0 Å². The van der Waals surface area contributed by atoms with E-state index in [1.807, 2.05) is 17.5 Å². The molecule has 1 aliphatic carbocycles. The number of anilines is 1. The van der Waals surface area contributed by atoms with Crippen molar-refractivity contribution in [1.82, 2.24) is 0 Å². The van der Waals surface area contributed by atoms with Crippen LogP contribution in [-0.2, 0) is 10.2 Å². The first-order valence-electron chi connectivity index (χ1n) is 7.30. The summed E-state index contributed by atoms with van der Waals surface area (Å²) < 4.78 is 15.9. The van der Waals surface area contributed by atoms with Crippen molar-refractivity contribution in [3.63, 3.8) is 0 Å². The van der Waals surface area contributed by atoms with Gasteiger partial charge in [0.2, 0.25) is 11.7 Å². The summed E-state index contributed by atoms with van der Waals surface area (Å²) in [5.74, 6) is 1.55. The van der Waals surface area contributed by atoms with Gasteiger partial charge >= 0.3 is 0 Å². The number of rotatable bonds is 6. The van der Waals surface area contributed by atoms with Gasteiger partial charge < -0.3 is 19.5 Å². The molecule has 6 heteroatoms. The van der Waals surface area contributed by atoms with Crippen LogP contribution in [0.1, 0.15) is 17.7 Å². The largest absolute Gasteiger partial charge is 0.493 e. The van der Waals surface area contributed by atoms with E-state index < -0.39 is 0 Å². The van der Waals surface area contributed by atoms with Crippen LogP contribution in [0.3, 0.4) is 0 Å². The fraction of sp³-hybridized carbons (Fsp3) is 0.353. The highest BCUT2D eigenvalue weighted by Crippen LogP contribution is 2.51. The van der Waals surface area contributed by atoms with Crippen LogP contribution < -0.4 is 19.5 Å². The zero-order valence-electron chi connectivity index (χ0n) is 13.3. The maximum Gasteiger partial charge on any atom is 0.235 e. The summed E-state index contributed by atoms with van der Waals surface area (Å²) in [6.07, 6.45) is 1.76. The van der Waals surface area contributed by atoms with Gasteiger partial charge in [0, 0.05) is 22.7 Å². The second-order valence-corrected chi connectivity index (χ2v) is 6.38. The van der Waals surface area contributed by atoms with Gasteiger partial charge in [-0.1, -0.05) is 6.07 Å². The van der Waals surface area contributed by atoms with Crippen molar-refractivity contribution >= 4 is 22.9 Å². The van der Waals surface area contributed by atoms with E-state index in [0.717, 1.165) is 17.7 Å². The van der Waals surface area contributed by atoms with Gasteiger partial charge in [-0.15, -0.1) is 11.3 Å². The Morgan fingerprint density at radius 3 is 2.22 bits per heavy atom. The molecule has 0 unspecified atom stereocenters. The number of ether oxygens (including phenoxy) is 3. The molecule has 0 atom stereocenters. The molecule has 1 aliphatic rings. The molecule has 1 heterocycles. The highest BCUT2D eigenvalue weighted by molar-refractivity contribution is 7.10. The summed E-state index contributed by atoms with van der Waals surface area (Å²) in [6, 6.07) is 7.48. The van der Waals surface area contributed by atoms with Gasteiger partial charge in [-0.05, 0) is 24.3 Å². The predicted molar refractivity (Wildman–Crippen MR) is 90.0 cm³/mol. The lowest BCUT2D eigenvalue weighted by Gasteiger charge is -2.17. The Kier molecular flexibility index (Phi) is 4.17. The molecule has 1 aromatic carbocycles. The number of amides is 1. The molecule has 1 saturated carbocycles. The standard InChI is InChI=1S/C17H19NO4S/c1-20-12-9-11(10-13(21-2)15(12)22-3)18-16(19)17(6-7-17)14-5-4-8-23-14/h4-5,8-10H,6-7H2,1-3H3,(H,18,19). The number of carbonyl (C=O) groups is 1. The third-order valence-corrected chi connectivity index (χ3v) is 5.17. The first-order chi connectivity index (χ1) is 11.1. The minimum atomic E-state index is -0.380. The molecule has 1 N–H and O–H groups in total. The van der Waals surface area contributed by atoms with Crippen molar-refractivity contribution in [3.8, 4) is 17.2 Å². The van der Waals surface area contributed by atoms with E-state index in [2.05, 4.69) is 5.32 Å². The van der Waals surface area contributed by atoms with Crippen LogP contribution in [0.15, 0.2) is 29.6 Å². The van der Waals surface area contributed by atoms with E-state index in [1.54, 1.807) is 44.8 Å². The van der Waals surface area contributed by atoms with Crippen molar-refractivity contribution in [1.29, 1.82) is 0 Å². The lowest BCUT2D eigenvalue weighted by molar-refractivity contribution is -0.118. The minimum Gasteiger partial charge on any atom is -0.493 e. The van der Waals surface area contributed by atoms with Gasteiger partial charge in [0.15, 0.2) is 11.5 Å². The number of hydrogen-bond donors (Lipinski definition) is 1. The van der Waals surface area contributed by atoms with Gasteiger partial charge in [-0.2, -0.15) is 0 Å². The Hall–Kier alpha value is -2.21. The number of methoxy groups -OCH3 is 3. The summed E-state index contributed by atoms with van der Waals surface area (Å²) in [7, 11) is 4.66. The van der Waals surface area contributed by atoms with E-state index in [9.17, 15) is 4.79 Å². The number of hydrogen-bond acceptors (Lipinski definition) is 5. The van der Waals surface area contributed by atoms with E-state index >= 15 is 0 Å². The van der Waals surface area contributed by atoms with Gasteiger partial charge in [0.1, 0.15) is 0 Å². The van der Waals surface area contributed by atoms with Gasteiger partial charge in [0.05, 0.1) is 26.7 Å². The summed E-state index contributed by atoms with van der Waals surface area (Å²) in [6.45, 7) is 0. The zero-order chi connectivity index (χ0) is 16.4. The molecular weight excluding hydrogens is 314 g/mol. The topological polar surface area (TPSA) is 56.8 Å². The van der Waals surface area contributed by atoms with E-state index in [-0.39, 0.29) is 11.3 Å². The SMILES string of the molecule is COc1cc(NC(=O)C2(c3cccs3)CC2)cc(OC)c1OC. The molecule has 5 nitrogen and oxygen atoms in total. The predicted octanol–water partition coefficient (Wildman–Crippen LogP) is 3.44. The van der Waals surface area contributed by atoms with Crippen LogP contribution in [-0.4, -0.2) is 27.2 Å². The monoisotopic (exact) mass is 333 g/mol. The highest BCUT2D eigenvalue weighted by Gasteiger charge is 2.52. The Morgan fingerprint density at radius 1 is 1.13 bits per heavy atom. The zero-order valence-corrected chi connectivity index (χ0v) is 14.2. The number of carbonyl (C=O) groups excluding carboxylic acids is 1. The first-order valence-corrected chi connectivity index (χ1v) is 8.18. The molecule has 23 heavy (non-hydrogen) atoms. The molecule has 0 saturated heterocycles. The smallest absolute Gasteiger partial charge is 0.235 e. The molecule has 0 radical (unpaired) electrons. The van der Waals surface area contributed by atoms with E-state index in [1.165, 1.54) is 0 Å². The fourth-order valence-electron chi connectivity index (χ4n) is 2.67. The summed E-state index contributed by atoms with van der Waals surface area (Å²) in [5, 5.41) is 4.99. The summed E-state index contributed by atoms with van der Waals surface area (Å²) in [5.41, 5.74) is 0.251. The summed E-state index contributed by atoms with van der Waals surface area (Å²) in [4.78, 5) is 13.8. The highest BCUT2D eigenvalue weighted by atomic mass is 32.1. The second-order valence-electron chi connectivity index (χ2n) is 5.43. The van der Waals surface area contributed by atoms with Crippen molar-refractivity contribution in [2.45, 2.75) is 18.3 Å². The van der Waals surface area contributed by atoms with Gasteiger partial charge in [-0.3, -0.25) is 4.79 Å². The number of benzene rings is 1. The van der Waals surface area contributed by atoms with E-state index in [4.69, 9.17) is 14.2 Å². The van der Waals surface area contributed by atoms with Crippen LogP contribution in [0.5, 0.6) is 17.2 Å². The molecule has 1 fully saturated rings. The molecule has 1 amide bonds. The maximum atomic E-state index is 12.7. The average Bonchev–Trinajstić information content (AvgIpc) is 3.20. The molecule has 0 spiro atoms. The molecule has 122 valence electrons.